The topological polar surface area (TPSA) is 61.4 Å². The molecule has 0 aliphatic carbocycles. The van der Waals surface area contributed by atoms with Crippen LogP contribution in [0.5, 0.6) is 0 Å². The van der Waals surface area contributed by atoms with Crippen LogP contribution in [0.15, 0.2) is 42.6 Å². The molecule has 2 aliphatic rings. The van der Waals surface area contributed by atoms with Crippen LogP contribution < -0.4 is 10.2 Å². The van der Waals surface area contributed by atoms with E-state index in [1.54, 1.807) is 0 Å². The maximum Gasteiger partial charge on any atom is 0.225 e. The minimum Gasteiger partial charge on any atom is -0.354 e. The third-order valence-corrected chi connectivity index (χ3v) is 6.10. The molecule has 0 unspecified atom stereocenters. The lowest BCUT2D eigenvalue weighted by molar-refractivity contribution is -0.125. The van der Waals surface area contributed by atoms with E-state index in [0.29, 0.717) is 0 Å². The fourth-order valence-corrected chi connectivity index (χ4v) is 4.63. The van der Waals surface area contributed by atoms with Crippen LogP contribution in [-0.4, -0.2) is 53.0 Å². The molecule has 30 heavy (non-hydrogen) atoms. The molecular formula is C24H33N5O. The molecule has 2 fully saturated rings. The molecule has 0 saturated carbocycles. The number of carbonyl (C=O) groups is 1. The Morgan fingerprint density at radius 3 is 2.60 bits per heavy atom. The monoisotopic (exact) mass is 407 g/mol. The van der Waals surface area contributed by atoms with E-state index in [0.717, 1.165) is 44.4 Å². The van der Waals surface area contributed by atoms with Crippen LogP contribution >= 0.6 is 0 Å². The van der Waals surface area contributed by atoms with E-state index < -0.39 is 0 Å². The second-order valence-electron chi connectivity index (χ2n) is 8.89. The molecule has 0 radical (unpaired) electrons. The second-order valence-corrected chi connectivity index (χ2v) is 8.89. The van der Waals surface area contributed by atoms with Crippen LogP contribution in [0.3, 0.4) is 0 Å². The molecule has 1 aromatic heterocycles. The van der Waals surface area contributed by atoms with Crippen LogP contribution in [0.2, 0.25) is 0 Å². The maximum atomic E-state index is 13.0. The van der Waals surface area contributed by atoms with Gasteiger partial charge in [0.05, 0.1) is 11.6 Å². The molecule has 3 heterocycles. The number of piperidine rings is 1. The Balaban J connectivity index is 1.55. The van der Waals surface area contributed by atoms with Crippen molar-refractivity contribution in [3.63, 3.8) is 0 Å². The third-order valence-electron chi connectivity index (χ3n) is 6.10. The zero-order valence-electron chi connectivity index (χ0n) is 18.1. The van der Waals surface area contributed by atoms with Gasteiger partial charge in [0.25, 0.3) is 0 Å². The van der Waals surface area contributed by atoms with Crippen molar-refractivity contribution in [3.05, 3.63) is 53.9 Å². The number of carbonyl (C=O) groups excluding carboxylic acids is 1. The summed E-state index contributed by atoms with van der Waals surface area (Å²) < 4.78 is 0. The van der Waals surface area contributed by atoms with Crippen molar-refractivity contribution in [1.29, 1.82) is 0 Å². The Morgan fingerprint density at radius 2 is 1.87 bits per heavy atom. The summed E-state index contributed by atoms with van der Waals surface area (Å²) in [6.45, 7) is 8.51. The van der Waals surface area contributed by atoms with E-state index in [1.807, 2.05) is 32.2 Å². The number of benzene rings is 1. The smallest absolute Gasteiger partial charge is 0.225 e. The number of rotatable bonds is 6. The molecule has 2 aromatic rings. The van der Waals surface area contributed by atoms with Gasteiger partial charge in [0, 0.05) is 50.9 Å². The minimum atomic E-state index is -0.0970. The van der Waals surface area contributed by atoms with Gasteiger partial charge >= 0.3 is 0 Å². The van der Waals surface area contributed by atoms with Crippen molar-refractivity contribution in [1.82, 2.24) is 20.2 Å². The Kier molecular flexibility index (Phi) is 6.62. The van der Waals surface area contributed by atoms with E-state index in [1.165, 1.54) is 24.8 Å². The number of aromatic nitrogens is 2. The normalized spacial score (nSPS) is 22.4. The summed E-state index contributed by atoms with van der Waals surface area (Å²) in [7, 11) is 0. The second kappa shape index (κ2) is 9.56. The van der Waals surface area contributed by atoms with E-state index >= 15 is 0 Å². The fraction of sp³-hybridized carbons (Fsp3) is 0.542. The molecule has 2 atom stereocenters. The number of nitrogens with zero attached hydrogens (tertiary/aromatic N) is 4. The standard InChI is InChI=1S/C24H33N5O/c1-18(2)26-23(30)21-17-28(15-19-9-5-3-6-10-19)16-20(21)22-11-12-25-24(27-22)29-13-7-4-8-14-29/h3,5-6,9-12,18,20-21H,4,7-8,13-17H2,1-2H3,(H,26,30)/t20-,21-/m1/s1. The molecule has 0 spiro atoms. The summed E-state index contributed by atoms with van der Waals surface area (Å²) in [5, 5.41) is 3.13. The fourth-order valence-electron chi connectivity index (χ4n) is 4.63. The zero-order valence-corrected chi connectivity index (χ0v) is 18.1. The molecule has 6 heteroatoms. The number of hydrogen-bond donors (Lipinski definition) is 1. The lowest BCUT2D eigenvalue weighted by Gasteiger charge is -2.27. The number of nitrogens with one attached hydrogen (secondary N) is 1. The van der Waals surface area contributed by atoms with Crippen LogP contribution in [0.4, 0.5) is 5.95 Å². The molecule has 4 rings (SSSR count). The predicted octanol–water partition coefficient (Wildman–Crippen LogP) is 3.21. The van der Waals surface area contributed by atoms with Crippen LogP contribution in [-0.2, 0) is 11.3 Å². The third kappa shape index (κ3) is 4.98. The SMILES string of the molecule is CC(C)NC(=O)[C@@H]1CN(Cc2ccccc2)C[C@H]1c1ccnc(N2CCCCC2)n1. The highest BCUT2D eigenvalue weighted by Gasteiger charge is 2.39. The van der Waals surface area contributed by atoms with Gasteiger partial charge in [-0.05, 0) is 44.7 Å². The quantitative estimate of drug-likeness (QED) is 0.797. The number of hydrogen-bond acceptors (Lipinski definition) is 5. The largest absolute Gasteiger partial charge is 0.354 e. The van der Waals surface area contributed by atoms with Crippen molar-refractivity contribution in [2.75, 3.05) is 31.1 Å². The summed E-state index contributed by atoms with van der Waals surface area (Å²) in [5.41, 5.74) is 2.27. The first-order valence-corrected chi connectivity index (χ1v) is 11.2. The van der Waals surface area contributed by atoms with Crippen molar-refractivity contribution in [2.45, 2.75) is 51.6 Å². The Morgan fingerprint density at radius 1 is 1.10 bits per heavy atom. The van der Waals surface area contributed by atoms with Gasteiger partial charge in [0.15, 0.2) is 0 Å². The molecule has 2 saturated heterocycles. The molecule has 6 nitrogen and oxygen atoms in total. The first kappa shape index (κ1) is 20.8. The van der Waals surface area contributed by atoms with Gasteiger partial charge in [-0.1, -0.05) is 30.3 Å². The average Bonchev–Trinajstić information content (AvgIpc) is 3.19. The predicted molar refractivity (Wildman–Crippen MR) is 119 cm³/mol. The number of likely N-dealkylation sites (tertiary alicyclic amines) is 1. The van der Waals surface area contributed by atoms with Gasteiger partial charge in [-0.15, -0.1) is 0 Å². The molecule has 1 N–H and O–H groups in total. The van der Waals surface area contributed by atoms with E-state index in [9.17, 15) is 4.79 Å². The average molecular weight is 408 g/mol. The number of amides is 1. The first-order valence-electron chi connectivity index (χ1n) is 11.2. The molecular weight excluding hydrogens is 374 g/mol. The summed E-state index contributed by atoms with van der Waals surface area (Å²) in [4.78, 5) is 27.2. The summed E-state index contributed by atoms with van der Waals surface area (Å²) in [6, 6.07) is 12.6. The van der Waals surface area contributed by atoms with E-state index in [2.05, 4.69) is 44.4 Å². The summed E-state index contributed by atoms with van der Waals surface area (Å²) >= 11 is 0. The molecule has 0 bridgehead atoms. The highest BCUT2D eigenvalue weighted by Crippen LogP contribution is 2.33. The van der Waals surface area contributed by atoms with Gasteiger partial charge in [-0.2, -0.15) is 0 Å². The number of anilines is 1. The molecule has 160 valence electrons. The Labute approximate surface area is 179 Å². The Hall–Kier alpha value is -2.47. The van der Waals surface area contributed by atoms with E-state index in [-0.39, 0.29) is 23.8 Å². The van der Waals surface area contributed by atoms with Gasteiger partial charge in [-0.25, -0.2) is 9.97 Å². The highest BCUT2D eigenvalue weighted by molar-refractivity contribution is 5.80. The summed E-state index contributed by atoms with van der Waals surface area (Å²) in [6.07, 6.45) is 5.54. The molecule has 1 aromatic carbocycles. The lowest BCUT2D eigenvalue weighted by atomic mass is 9.91. The van der Waals surface area contributed by atoms with Crippen LogP contribution in [0.1, 0.15) is 50.3 Å². The molecule has 2 aliphatic heterocycles. The first-order chi connectivity index (χ1) is 14.6. The van der Waals surface area contributed by atoms with Gasteiger partial charge in [0.2, 0.25) is 11.9 Å². The highest BCUT2D eigenvalue weighted by atomic mass is 16.2. The maximum absolute atomic E-state index is 13.0. The summed E-state index contributed by atoms with van der Waals surface area (Å²) in [5.74, 6) is 0.930. The Bertz CT molecular complexity index is 834. The van der Waals surface area contributed by atoms with Gasteiger partial charge in [0.1, 0.15) is 0 Å². The van der Waals surface area contributed by atoms with Crippen LogP contribution in [0.25, 0.3) is 0 Å². The minimum absolute atomic E-state index is 0.0824. The zero-order chi connectivity index (χ0) is 20.9. The van der Waals surface area contributed by atoms with Gasteiger partial charge < -0.3 is 10.2 Å². The van der Waals surface area contributed by atoms with Crippen molar-refractivity contribution in [2.24, 2.45) is 5.92 Å². The van der Waals surface area contributed by atoms with Crippen molar-refractivity contribution >= 4 is 11.9 Å². The van der Waals surface area contributed by atoms with Crippen molar-refractivity contribution in [3.8, 4) is 0 Å². The van der Waals surface area contributed by atoms with Crippen molar-refractivity contribution < 1.29 is 4.79 Å². The van der Waals surface area contributed by atoms with E-state index in [4.69, 9.17) is 4.98 Å². The van der Waals surface area contributed by atoms with Gasteiger partial charge in [-0.3, -0.25) is 9.69 Å². The molecule has 1 amide bonds. The lowest BCUT2D eigenvalue weighted by Crippen LogP contribution is -2.38. The van der Waals surface area contributed by atoms with Crippen LogP contribution in [0, 0.1) is 5.92 Å².